The number of carbonyl (C=O) groups excluding carboxylic acids is 1. The second-order valence-electron chi connectivity index (χ2n) is 12.4. The first-order chi connectivity index (χ1) is 18.1. The number of anilines is 1. The van der Waals surface area contributed by atoms with Gasteiger partial charge in [-0.25, -0.2) is 17.7 Å². The summed E-state index contributed by atoms with van der Waals surface area (Å²) in [5.74, 6) is 0.736. The van der Waals surface area contributed by atoms with Gasteiger partial charge < -0.3 is 19.1 Å². The van der Waals surface area contributed by atoms with Crippen LogP contribution in [0.3, 0.4) is 0 Å². The lowest BCUT2D eigenvalue weighted by Gasteiger charge is -2.44. The number of rotatable bonds is 9. The normalized spacial score (nSPS) is 24.4. The maximum atomic E-state index is 13.3. The zero-order valence-electron chi connectivity index (χ0n) is 23.4. The Kier molecular flexibility index (Phi) is 7.92. The molecule has 38 heavy (non-hydrogen) atoms. The summed E-state index contributed by atoms with van der Waals surface area (Å²) in [6, 6.07) is 3.51. The van der Waals surface area contributed by atoms with Gasteiger partial charge in [0, 0.05) is 58.1 Å². The third-order valence-corrected chi connectivity index (χ3v) is 12.0. The zero-order chi connectivity index (χ0) is 27.1. The first-order valence-corrected chi connectivity index (χ1v) is 19.5. The van der Waals surface area contributed by atoms with Crippen LogP contribution in [-0.4, -0.2) is 85.9 Å². The molecule has 1 saturated heterocycles. The molecule has 4 heterocycles. The van der Waals surface area contributed by atoms with Gasteiger partial charge in [0.2, 0.25) is 10.0 Å². The van der Waals surface area contributed by atoms with Crippen LogP contribution < -0.4 is 4.90 Å². The van der Waals surface area contributed by atoms with E-state index in [9.17, 15) is 13.2 Å². The maximum Gasteiger partial charge on any atom is 0.258 e. The largest absolute Gasteiger partial charge is 0.361 e. The van der Waals surface area contributed by atoms with E-state index in [2.05, 4.69) is 30.6 Å². The van der Waals surface area contributed by atoms with E-state index in [4.69, 9.17) is 9.72 Å². The van der Waals surface area contributed by atoms with Gasteiger partial charge in [0.15, 0.2) is 0 Å². The van der Waals surface area contributed by atoms with Crippen molar-refractivity contribution in [2.24, 2.45) is 5.92 Å². The SMILES string of the molecule is CCN1CN(C2CCC(CN3CCCS3(=O)=O)CC2)c2c(cnc3c2ccn3COCC[Si](C)(C)C)C1=O. The summed E-state index contributed by atoms with van der Waals surface area (Å²) in [5.41, 5.74) is 2.52. The summed E-state index contributed by atoms with van der Waals surface area (Å²) in [6.07, 6.45) is 8.51. The highest BCUT2D eigenvalue weighted by atomic mass is 32.2. The molecule has 2 aromatic heterocycles. The highest BCUT2D eigenvalue weighted by Crippen LogP contribution is 2.39. The average molecular weight is 562 g/mol. The van der Waals surface area contributed by atoms with Crippen LogP contribution in [-0.2, 0) is 21.5 Å². The van der Waals surface area contributed by atoms with Gasteiger partial charge in [-0.2, -0.15) is 0 Å². The van der Waals surface area contributed by atoms with Gasteiger partial charge in [0.05, 0.1) is 23.7 Å². The first-order valence-electron chi connectivity index (χ1n) is 14.2. The minimum atomic E-state index is -3.05. The molecule has 210 valence electrons. The van der Waals surface area contributed by atoms with E-state index in [1.165, 1.54) is 0 Å². The molecule has 0 aromatic carbocycles. The Morgan fingerprint density at radius 1 is 1.16 bits per heavy atom. The predicted molar refractivity (Wildman–Crippen MR) is 154 cm³/mol. The van der Waals surface area contributed by atoms with Crippen molar-refractivity contribution in [3.8, 4) is 0 Å². The van der Waals surface area contributed by atoms with E-state index in [0.717, 1.165) is 61.5 Å². The Balaban J connectivity index is 1.34. The second-order valence-corrected chi connectivity index (χ2v) is 20.1. The van der Waals surface area contributed by atoms with E-state index < -0.39 is 18.1 Å². The minimum absolute atomic E-state index is 0.0419. The molecule has 2 aliphatic heterocycles. The summed E-state index contributed by atoms with van der Waals surface area (Å²) in [4.78, 5) is 22.3. The van der Waals surface area contributed by atoms with Crippen LogP contribution in [0.2, 0.25) is 25.7 Å². The topological polar surface area (TPSA) is 88.0 Å². The molecule has 2 aromatic rings. The van der Waals surface area contributed by atoms with Crippen LogP contribution in [0.5, 0.6) is 0 Å². The number of fused-ring (bicyclic) bond motifs is 3. The smallest absolute Gasteiger partial charge is 0.258 e. The third kappa shape index (κ3) is 5.66. The maximum absolute atomic E-state index is 13.3. The number of carbonyl (C=O) groups is 1. The second kappa shape index (κ2) is 10.9. The molecular formula is C27H43N5O4SSi. The first kappa shape index (κ1) is 27.6. The molecular weight excluding hydrogens is 518 g/mol. The standard InChI is InChI=1S/C27H43N5O4SSi/c1-5-29-19-32(22-9-7-21(8-10-22)18-31-12-6-15-37(31,34)35)25-23-11-13-30(20-36-14-16-38(2,3)4)26(23)28-17-24(25)27(29)33/h11,13,17,21-22H,5-10,12,14-16,18-20H2,1-4H3. The Hall–Kier alpha value is -1.95. The number of sulfonamides is 1. The Bertz CT molecular complexity index is 1270. The molecule has 0 unspecified atom stereocenters. The van der Waals surface area contributed by atoms with Gasteiger partial charge in [-0.1, -0.05) is 19.6 Å². The van der Waals surface area contributed by atoms with Gasteiger partial charge in [-0.3, -0.25) is 4.79 Å². The highest BCUT2D eigenvalue weighted by molar-refractivity contribution is 7.89. The average Bonchev–Trinajstić information content (AvgIpc) is 3.44. The van der Waals surface area contributed by atoms with Crippen LogP contribution in [0.15, 0.2) is 18.5 Å². The summed E-state index contributed by atoms with van der Waals surface area (Å²) in [5, 5.41) is 1.01. The number of hydrogen-bond acceptors (Lipinski definition) is 6. The number of amides is 1. The number of pyridine rings is 1. The molecule has 0 radical (unpaired) electrons. The lowest BCUT2D eigenvalue weighted by molar-refractivity contribution is 0.0741. The van der Waals surface area contributed by atoms with E-state index in [1.54, 1.807) is 10.5 Å². The van der Waals surface area contributed by atoms with E-state index in [-0.39, 0.29) is 5.91 Å². The molecule has 0 N–H and O–H groups in total. The molecule has 11 heteroatoms. The molecule has 1 amide bonds. The van der Waals surface area contributed by atoms with Crippen LogP contribution in [0.1, 0.15) is 49.4 Å². The van der Waals surface area contributed by atoms with Crippen molar-refractivity contribution in [3.05, 3.63) is 24.0 Å². The van der Waals surface area contributed by atoms with Crippen molar-refractivity contribution >= 4 is 40.7 Å². The lowest BCUT2D eigenvalue weighted by Crippen LogP contribution is -2.52. The minimum Gasteiger partial charge on any atom is -0.361 e. The van der Waals surface area contributed by atoms with Crippen LogP contribution in [0.25, 0.3) is 11.0 Å². The molecule has 2 fully saturated rings. The fourth-order valence-electron chi connectivity index (χ4n) is 6.09. The summed E-state index contributed by atoms with van der Waals surface area (Å²) in [7, 11) is -4.21. The quantitative estimate of drug-likeness (QED) is 0.337. The van der Waals surface area contributed by atoms with Gasteiger partial charge in [-0.15, -0.1) is 0 Å². The Morgan fingerprint density at radius 3 is 2.58 bits per heavy atom. The number of aromatic nitrogens is 2. The van der Waals surface area contributed by atoms with E-state index >= 15 is 0 Å². The Morgan fingerprint density at radius 2 is 1.92 bits per heavy atom. The number of ether oxygens (including phenoxy) is 1. The van der Waals surface area contributed by atoms with Crippen molar-refractivity contribution in [3.63, 3.8) is 0 Å². The fourth-order valence-corrected chi connectivity index (χ4v) is 8.44. The molecule has 0 bridgehead atoms. The van der Waals surface area contributed by atoms with Gasteiger partial charge >= 0.3 is 0 Å². The molecule has 0 atom stereocenters. The summed E-state index contributed by atoms with van der Waals surface area (Å²) in [6.45, 7) is 12.8. The van der Waals surface area contributed by atoms with Crippen molar-refractivity contribution < 1.29 is 17.9 Å². The third-order valence-electron chi connectivity index (χ3n) is 8.42. The zero-order valence-corrected chi connectivity index (χ0v) is 25.2. The number of nitrogens with zero attached hydrogens (tertiary/aromatic N) is 5. The molecule has 5 rings (SSSR count). The molecule has 1 saturated carbocycles. The summed E-state index contributed by atoms with van der Waals surface area (Å²) < 4.78 is 34.4. The van der Waals surface area contributed by atoms with Crippen LogP contribution in [0, 0.1) is 5.92 Å². The molecule has 1 aliphatic carbocycles. The van der Waals surface area contributed by atoms with Gasteiger partial charge in [-0.05, 0) is 57.1 Å². The Labute approximate surface area is 228 Å². The number of hydrogen-bond donors (Lipinski definition) is 0. The van der Waals surface area contributed by atoms with Crippen molar-refractivity contribution in [1.82, 2.24) is 18.8 Å². The van der Waals surface area contributed by atoms with E-state index in [1.807, 2.05) is 22.6 Å². The van der Waals surface area contributed by atoms with E-state index in [0.29, 0.717) is 56.3 Å². The predicted octanol–water partition coefficient (Wildman–Crippen LogP) is 4.18. The summed E-state index contributed by atoms with van der Waals surface area (Å²) >= 11 is 0. The molecule has 9 nitrogen and oxygen atoms in total. The van der Waals surface area contributed by atoms with Gasteiger partial charge in [0.1, 0.15) is 12.4 Å². The van der Waals surface area contributed by atoms with Crippen LogP contribution >= 0.6 is 0 Å². The highest BCUT2D eigenvalue weighted by Gasteiger charge is 2.37. The fraction of sp³-hybridized carbons (Fsp3) is 0.704. The van der Waals surface area contributed by atoms with Crippen molar-refractivity contribution in [2.75, 3.05) is 43.6 Å². The van der Waals surface area contributed by atoms with Crippen molar-refractivity contribution in [1.29, 1.82) is 0 Å². The molecule has 0 spiro atoms. The monoisotopic (exact) mass is 561 g/mol. The van der Waals surface area contributed by atoms with Crippen molar-refractivity contribution in [2.45, 2.75) is 77.5 Å². The molecule has 3 aliphatic rings. The van der Waals surface area contributed by atoms with Gasteiger partial charge in [0.25, 0.3) is 5.91 Å². The lowest BCUT2D eigenvalue weighted by atomic mass is 9.84. The van der Waals surface area contributed by atoms with Crippen LogP contribution in [0.4, 0.5) is 5.69 Å².